The summed E-state index contributed by atoms with van der Waals surface area (Å²) in [6.07, 6.45) is -2.78. The molecule has 0 amide bonds. The maximum Gasteiger partial charge on any atom is 0.455 e. The van der Waals surface area contributed by atoms with Crippen LogP contribution in [0.1, 0.15) is 0 Å². The number of halogens is 4. The highest BCUT2D eigenvalue weighted by molar-refractivity contribution is 6.43. The zero-order valence-electron chi connectivity index (χ0n) is 7.75. The largest absolute Gasteiger partial charge is 0.455 e. The minimum atomic E-state index is -4.97. The van der Waals surface area contributed by atoms with Gasteiger partial charge in [-0.15, -0.1) is 0 Å². The molecule has 0 saturated carbocycles. The highest BCUT2D eigenvalue weighted by Crippen LogP contribution is 2.22. The lowest BCUT2D eigenvalue weighted by Crippen LogP contribution is -2.23. The van der Waals surface area contributed by atoms with Crippen LogP contribution < -0.4 is 5.32 Å². The summed E-state index contributed by atoms with van der Waals surface area (Å²) in [7, 11) is 0. The number of Topliss-reactive ketones (excluding diaryl/α,β-unsaturated/α-hetero) is 1. The summed E-state index contributed by atoms with van der Waals surface area (Å²) < 4.78 is 35.7. The van der Waals surface area contributed by atoms with Crippen molar-refractivity contribution in [2.45, 2.75) is 6.18 Å². The monoisotopic (exact) mass is 250 g/mol. The van der Waals surface area contributed by atoms with E-state index in [1.165, 1.54) is 12.3 Å². The molecule has 86 valence electrons. The summed E-state index contributed by atoms with van der Waals surface area (Å²) in [6.45, 7) is 0. The first-order chi connectivity index (χ1) is 7.41. The SMILES string of the molecule is O=C(C(Cl)=CNc1ccccn1)C(F)(F)F. The Morgan fingerprint density at radius 2 is 2.12 bits per heavy atom. The van der Waals surface area contributed by atoms with Crippen LogP contribution in [0.3, 0.4) is 0 Å². The van der Waals surface area contributed by atoms with E-state index in [2.05, 4.69) is 10.3 Å². The summed E-state index contributed by atoms with van der Waals surface area (Å²) in [5.74, 6) is -1.81. The fraction of sp³-hybridized carbons (Fsp3) is 0.111. The molecule has 0 aliphatic carbocycles. The van der Waals surface area contributed by atoms with Crippen molar-refractivity contribution in [2.75, 3.05) is 5.32 Å². The molecular formula is C9H6ClF3N2O. The molecule has 16 heavy (non-hydrogen) atoms. The van der Waals surface area contributed by atoms with E-state index in [9.17, 15) is 18.0 Å². The van der Waals surface area contributed by atoms with Gasteiger partial charge in [-0.05, 0) is 12.1 Å². The van der Waals surface area contributed by atoms with E-state index < -0.39 is 17.0 Å². The van der Waals surface area contributed by atoms with Gasteiger partial charge in [-0.1, -0.05) is 17.7 Å². The lowest BCUT2D eigenvalue weighted by molar-refractivity contribution is -0.165. The number of nitrogens with one attached hydrogen (secondary N) is 1. The molecule has 0 atom stereocenters. The van der Waals surface area contributed by atoms with Gasteiger partial charge in [-0.25, -0.2) is 4.98 Å². The number of ketones is 1. The molecule has 1 heterocycles. The van der Waals surface area contributed by atoms with Crippen molar-refractivity contribution in [1.29, 1.82) is 0 Å². The Labute approximate surface area is 93.9 Å². The van der Waals surface area contributed by atoms with Crippen LogP contribution in [-0.4, -0.2) is 16.9 Å². The summed E-state index contributed by atoms with van der Waals surface area (Å²) in [5.41, 5.74) is 0. The van der Waals surface area contributed by atoms with E-state index in [1.54, 1.807) is 12.1 Å². The first-order valence-electron chi connectivity index (χ1n) is 4.06. The Morgan fingerprint density at radius 3 is 2.62 bits per heavy atom. The van der Waals surface area contributed by atoms with Crippen LogP contribution in [0.4, 0.5) is 19.0 Å². The van der Waals surface area contributed by atoms with Crippen LogP contribution in [0.5, 0.6) is 0 Å². The Balaban J connectivity index is 2.69. The van der Waals surface area contributed by atoms with Gasteiger partial charge in [0.15, 0.2) is 0 Å². The third-order valence-electron chi connectivity index (χ3n) is 1.49. The fourth-order valence-corrected chi connectivity index (χ4v) is 0.948. The first kappa shape index (κ1) is 12.5. The van der Waals surface area contributed by atoms with Crippen LogP contribution >= 0.6 is 11.6 Å². The van der Waals surface area contributed by atoms with Crippen LogP contribution in [0, 0.1) is 0 Å². The van der Waals surface area contributed by atoms with Crippen molar-refractivity contribution >= 4 is 23.2 Å². The average Bonchev–Trinajstić information content (AvgIpc) is 2.25. The molecule has 1 aromatic heterocycles. The third kappa shape index (κ3) is 3.54. The van der Waals surface area contributed by atoms with Crippen LogP contribution in [-0.2, 0) is 4.79 Å². The number of allylic oxidation sites excluding steroid dienone is 1. The Morgan fingerprint density at radius 1 is 1.44 bits per heavy atom. The second kappa shape index (κ2) is 4.98. The molecule has 1 N–H and O–H groups in total. The number of hydrogen-bond donors (Lipinski definition) is 1. The van der Waals surface area contributed by atoms with Gasteiger partial charge in [-0.3, -0.25) is 4.79 Å². The number of anilines is 1. The van der Waals surface area contributed by atoms with Crippen molar-refractivity contribution in [3.8, 4) is 0 Å². The lowest BCUT2D eigenvalue weighted by Gasteiger charge is -2.04. The predicted octanol–water partition coefficient (Wildman–Crippen LogP) is 2.71. The number of rotatable bonds is 3. The molecule has 1 rings (SSSR count). The van der Waals surface area contributed by atoms with Gasteiger partial charge in [0, 0.05) is 12.4 Å². The molecule has 1 aromatic rings. The topological polar surface area (TPSA) is 42.0 Å². The van der Waals surface area contributed by atoms with Gasteiger partial charge < -0.3 is 5.32 Å². The van der Waals surface area contributed by atoms with Crippen molar-refractivity contribution in [2.24, 2.45) is 0 Å². The van der Waals surface area contributed by atoms with Crippen LogP contribution in [0.25, 0.3) is 0 Å². The number of nitrogens with zero attached hydrogens (tertiary/aromatic N) is 1. The molecule has 0 bridgehead atoms. The highest BCUT2D eigenvalue weighted by Gasteiger charge is 2.40. The van der Waals surface area contributed by atoms with Gasteiger partial charge >= 0.3 is 6.18 Å². The minimum Gasteiger partial charge on any atom is -0.345 e. The van der Waals surface area contributed by atoms with Gasteiger partial charge in [0.2, 0.25) is 0 Å². The highest BCUT2D eigenvalue weighted by atomic mass is 35.5. The summed E-state index contributed by atoms with van der Waals surface area (Å²) in [4.78, 5) is 14.4. The van der Waals surface area contributed by atoms with E-state index in [0.29, 0.717) is 0 Å². The fourth-order valence-electron chi connectivity index (χ4n) is 0.786. The van der Waals surface area contributed by atoms with E-state index in [-0.39, 0.29) is 5.82 Å². The number of alkyl halides is 3. The molecule has 0 radical (unpaired) electrons. The normalized spacial score (nSPS) is 12.4. The average molecular weight is 251 g/mol. The van der Waals surface area contributed by atoms with Gasteiger partial charge in [0.25, 0.3) is 5.78 Å². The van der Waals surface area contributed by atoms with Gasteiger partial charge in [-0.2, -0.15) is 13.2 Å². The van der Waals surface area contributed by atoms with Crippen LogP contribution in [0.2, 0.25) is 0 Å². The number of aromatic nitrogens is 1. The molecule has 0 aliphatic heterocycles. The molecule has 0 fully saturated rings. The molecule has 0 aromatic carbocycles. The second-order valence-electron chi connectivity index (χ2n) is 2.68. The van der Waals surface area contributed by atoms with E-state index in [1.807, 2.05) is 0 Å². The van der Waals surface area contributed by atoms with Crippen molar-refractivity contribution < 1.29 is 18.0 Å². The smallest absolute Gasteiger partial charge is 0.345 e. The molecular weight excluding hydrogens is 245 g/mol. The van der Waals surface area contributed by atoms with Crippen molar-refractivity contribution in [3.63, 3.8) is 0 Å². The van der Waals surface area contributed by atoms with Crippen molar-refractivity contribution in [3.05, 3.63) is 35.6 Å². The standard InChI is InChI=1S/C9H6ClF3N2O/c10-6(8(16)9(11,12)13)5-15-7-3-1-2-4-14-7/h1-5H,(H,14,15). The summed E-state index contributed by atoms with van der Waals surface area (Å²) in [6, 6.07) is 4.78. The molecule has 3 nitrogen and oxygen atoms in total. The maximum atomic E-state index is 11.9. The lowest BCUT2D eigenvalue weighted by atomic mass is 10.3. The number of carbonyl (C=O) groups is 1. The van der Waals surface area contributed by atoms with Crippen molar-refractivity contribution in [1.82, 2.24) is 4.98 Å². The Kier molecular flexibility index (Phi) is 3.89. The molecule has 0 aliphatic rings. The Bertz CT molecular complexity index is 403. The summed E-state index contributed by atoms with van der Waals surface area (Å²) in [5, 5.41) is 1.43. The minimum absolute atomic E-state index is 0.288. The second-order valence-corrected chi connectivity index (χ2v) is 3.09. The molecule has 7 heteroatoms. The molecule has 0 unspecified atom stereocenters. The zero-order chi connectivity index (χ0) is 12.2. The third-order valence-corrected chi connectivity index (χ3v) is 1.77. The summed E-state index contributed by atoms with van der Waals surface area (Å²) >= 11 is 5.17. The number of carbonyl (C=O) groups excluding carboxylic acids is 1. The first-order valence-corrected chi connectivity index (χ1v) is 4.44. The predicted molar refractivity (Wildman–Crippen MR) is 52.9 cm³/mol. The quantitative estimate of drug-likeness (QED) is 0.839. The zero-order valence-corrected chi connectivity index (χ0v) is 8.51. The Hall–Kier alpha value is -1.56. The van der Waals surface area contributed by atoms with E-state index in [4.69, 9.17) is 11.6 Å². The number of hydrogen-bond acceptors (Lipinski definition) is 3. The van der Waals surface area contributed by atoms with Crippen LogP contribution in [0.15, 0.2) is 35.6 Å². The van der Waals surface area contributed by atoms with Gasteiger partial charge in [0.1, 0.15) is 10.9 Å². The van der Waals surface area contributed by atoms with E-state index >= 15 is 0 Å². The molecule has 0 spiro atoms. The number of pyridine rings is 1. The van der Waals surface area contributed by atoms with Gasteiger partial charge in [0.05, 0.1) is 0 Å². The van der Waals surface area contributed by atoms with E-state index in [0.717, 1.165) is 6.20 Å². The maximum absolute atomic E-state index is 11.9. The molecule has 0 saturated heterocycles.